The quantitative estimate of drug-likeness (QED) is 0.588. The molecule has 0 radical (unpaired) electrons. The first-order valence-electron chi connectivity index (χ1n) is 8.02. The summed E-state index contributed by atoms with van der Waals surface area (Å²) in [6.45, 7) is 2.39. The number of fused-ring (bicyclic) bond motifs is 1. The van der Waals surface area contributed by atoms with Crippen molar-refractivity contribution >= 4 is 33.0 Å². The molecule has 2 aromatic heterocycles. The van der Waals surface area contributed by atoms with Gasteiger partial charge in [0.25, 0.3) is 5.91 Å². The number of hydrogen-bond donors (Lipinski definition) is 1. The molecule has 7 heteroatoms. The van der Waals surface area contributed by atoms with Gasteiger partial charge in [0.05, 0.1) is 11.4 Å². The molecule has 1 N–H and O–H groups in total. The fourth-order valence-corrected chi connectivity index (χ4v) is 3.97. The lowest BCUT2D eigenvalue weighted by molar-refractivity contribution is 0.103. The fourth-order valence-electron chi connectivity index (χ4n) is 2.85. The standard InChI is InChI=1S/C19H15FN4OS/c1-12-17-15(20)3-2-4-16(17)26-18(12)19(25)23-14-7-5-13(6-8-14)9-24-11-21-10-22-24/h2-8,10-11H,9H2,1H3,(H,23,25). The molecule has 4 rings (SSSR count). The van der Waals surface area contributed by atoms with Gasteiger partial charge in [-0.2, -0.15) is 5.10 Å². The van der Waals surface area contributed by atoms with Crippen LogP contribution in [0.3, 0.4) is 0 Å². The number of halogens is 1. The highest BCUT2D eigenvalue weighted by Crippen LogP contribution is 2.33. The number of hydrogen-bond acceptors (Lipinski definition) is 4. The highest BCUT2D eigenvalue weighted by molar-refractivity contribution is 7.21. The maximum absolute atomic E-state index is 14.0. The Morgan fingerprint density at radius 2 is 2.04 bits per heavy atom. The number of amides is 1. The zero-order valence-corrected chi connectivity index (χ0v) is 14.8. The molecule has 2 heterocycles. The van der Waals surface area contributed by atoms with E-state index >= 15 is 0 Å². The first kappa shape index (κ1) is 16.4. The number of aryl methyl sites for hydroxylation is 1. The van der Waals surface area contributed by atoms with Crippen LogP contribution in [-0.4, -0.2) is 20.7 Å². The van der Waals surface area contributed by atoms with Crippen LogP contribution in [0.4, 0.5) is 10.1 Å². The van der Waals surface area contributed by atoms with Gasteiger partial charge in [-0.3, -0.25) is 4.79 Å². The van der Waals surface area contributed by atoms with Gasteiger partial charge in [-0.1, -0.05) is 18.2 Å². The van der Waals surface area contributed by atoms with Crippen molar-refractivity contribution in [2.24, 2.45) is 0 Å². The predicted molar refractivity (Wildman–Crippen MR) is 100 cm³/mol. The minimum atomic E-state index is -0.298. The highest BCUT2D eigenvalue weighted by Gasteiger charge is 2.17. The molecular weight excluding hydrogens is 351 g/mol. The Balaban J connectivity index is 1.53. The number of nitrogens with one attached hydrogen (secondary N) is 1. The van der Waals surface area contributed by atoms with E-state index in [1.54, 1.807) is 24.0 Å². The van der Waals surface area contributed by atoms with Crippen LogP contribution in [0.5, 0.6) is 0 Å². The van der Waals surface area contributed by atoms with Crippen LogP contribution in [0, 0.1) is 12.7 Å². The molecular formula is C19H15FN4OS. The van der Waals surface area contributed by atoms with Crippen molar-refractivity contribution in [3.8, 4) is 0 Å². The van der Waals surface area contributed by atoms with Crippen LogP contribution in [0.2, 0.25) is 0 Å². The van der Waals surface area contributed by atoms with Crippen LogP contribution >= 0.6 is 11.3 Å². The summed E-state index contributed by atoms with van der Waals surface area (Å²) >= 11 is 1.30. The van der Waals surface area contributed by atoms with Crippen molar-refractivity contribution in [1.82, 2.24) is 14.8 Å². The van der Waals surface area contributed by atoms with Gasteiger partial charge in [0.2, 0.25) is 0 Å². The van der Waals surface area contributed by atoms with E-state index in [2.05, 4.69) is 15.4 Å². The number of rotatable bonds is 4. The Hall–Kier alpha value is -3.06. The number of carbonyl (C=O) groups excluding carboxylic acids is 1. The van der Waals surface area contributed by atoms with Gasteiger partial charge in [0.15, 0.2) is 0 Å². The lowest BCUT2D eigenvalue weighted by Gasteiger charge is -2.06. The molecule has 0 aliphatic carbocycles. The monoisotopic (exact) mass is 366 g/mol. The molecule has 0 unspecified atom stereocenters. The van der Waals surface area contributed by atoms with Crippen LogP contribution in [-0.2, 0) is 6.54 Å². The summed E-state index contributed by atoms with van der Waals surface area (Å²) in [7, 11) is 0. The van der Waals surface area contributed by atoms with Gasteiger partial charge in [-0.05, 0) is 42.3 Å². The number of carbonyl (C=O) groups is 1. The van der Waals surface area contributed by atoms with Gasteiger partial charge < -0.3 is 5.32 Å². The summed E-state index contributed by atoms with van der Waals surface area (Å²) in [5.74, 6) is -0.528. The summed E-state index contributed by atoms with van der Waals surface area (Å²) in [6, 6.07) is 12.4. The lowest BCUT2D eigenvalue weighted by Crippen LogP contribution is -2.11. The molecule has 0 saturated heterocycles. The van der Waals surface area contributed by atoms with Crippen molar-refractivity contribution in [2.75, 3.05) is 5.32 Å². The average Bonchev–Trinajstić information content (AvgIpc) is 3.25. The molecule has 26 heavy (non-hydrogen) atoms. The molecule has 0 fully saturated rings. The lowest BCUT2D eigenvalue weighted by atomic mass is 10.1. The van der Waals surface area contributed by atoms with E-state index in [-0.39, 0.29) is 11.7 Å². The smallest absolute Gasteiger partial charge is 0.266 e. The SMILES string of the molecule is Cc1c(C(=O)Nc2ccc(Cn3cncn3)cc2)sc2cccc(F)c12. The number of aromatic nitrogens is 3. The predicted octanol–water partition coefficient (Wildman–Crippen LogP) is 4.24. The van der Waals surface area contributed by atoms with E-state index in [0.29, 0.717) is 28.1 Å². The third kappa shape index (κ3) is 3.09. The average molecular weight is 366 g/mol. The summed E-state index contributed by atoms with van der Waals surface area (Å²) in [5.41, 5.74) is 2.41. The fraction of sp³-hybridized carbons (Fsp3) is 0.105. The van der Waals surface area contributed by atoms with E-state index in [1.807, 2.05) is 30.3 Å². The van der Waals surface area contributed by atoms with Crippen molar-refractivity contribution in [2.45, 2.75) is 13.5 Å². The van der Waals surface area contributed by atoms with E-state index in [1.165, 1.54) is 23.7 Å². The zero-order chi connectivity index (χ0) is 18.1. The van der Waals surface area contributed by atoms with E-state index < -0.39 is 0 Å². The Morgan fingerprint density at radius 1 is 1.23 bits per heavy atom. The summed E-state index contributed by atoms with van der Waals surface area (Å²) < 4.78 is 16.5. The molecule has 0 spiro atoms. The van der Waals surface area contributed by atoms with Gasteiger partial charge in [0, 0.05) is 15.8 Å². The molecule has 0 atom stereocenters. The largest absolute Gasteiger partial charge is 0.321 e. The first-order chi connectivity index (χ1) is 12.6. The second-order valence-electron chi connectivity index (χ2n) is 5.91. The second-order valence-corrected chi connectivity index (χ2v) is 6.97. The van der Waals surface area contributed by atoms with Crippen molar-refractivity contribution in [3.63, 3.8) is 0 Å². The molecule has 0 bridgehead atoms. The molecule has 0 aliphatic heterocycles. The molecule has 4 aromatic rings. The van der Waals surface area contributed by atoms with Gasteiger partial charge in [0.1, 0.15) is 18.5 Å². The van der Waals surface area contributed by atoms with Gasteiger partial charge in [-0.25, -0.2) is 14.1 Å². The highest BCUT2D eigenvalue weighted by atomic mass is 32.1. The molecule has 1 amide bonds. The molecule has 0 saturated carbocycles. The van der Waals surface area contributed by atoms with Gasteiger partial charge >= 0.3 is 0 Å². The molecule has 0 aliphatic rings. The number of anilines is 1. The summed E-state index contributed by atoms with van der Waals surface area (Å²) in [5, 5.41) is 7.47. The third-order valence-electron chi connectivity index (χ3n) is 4.13. The van der Waals surface area contributed by atoms with Crippen molar-refractivity contribution < 1.29 is 9.18 Å². The zero-order valence-electron chi connectivity index (χ0n) is 13.9. The second kappa shape index (κ2) is 6.68. The van der Waals surface area contributed by atoms with E-state index in [0.717, 1.165) is 10.3 Å². The first-order valence-corrected chi connectivity index (χ1v) is 8.84. The Kier molecular flexibility index (Phi) is 4.22. The van der Waals surface area contributed by atoms with Crippen LogP contribution in [0.15, 0.2) is 55.1 Å². The maximum Gasteiger partial charge on any atom is 0.266 e. The van der Waals surface area contributed by atoms with Crippen LogP contribution in [0.1, 0.15) is 20.8 Å². The molecule has 130 valence electrons. The minimum Gasteiger partial charge on any atom is -0.321 e. The molecule has 5 nitrogen and oxygen atoms in total. The normalized spacial score (nSPS) is 11.0. The number of nitrogens with zero attached hydrogens (tertiary/aromatic N) is 3. The van der Waals surface area contributed by atoms with Gasteiger partial charge in [-0.15, -0.1) is 11.3 Å². The van der Waals surface area contributed by atoms with E-state index in [9.17, 15) is 9.18 Å². The Morgan fingerprint density at radius 3 is 2.73 bits per heavy atom. The number of thiophene rings is 1. The minimum absolute atomic E-state index is 0.230. The topological polar surface area (TPSA) is 59.8 Å². The van der Waals surface area contributed by atoms with E-state index in [4.69, 9.17) is 0 Å². The third-order valence-corrected chi connectivity index (χ3v) is 5.39. The summed E-state index contributed by atoms with van der Waals surface area (Å²) in [4.78, 5) is 17.0. The van der Waals surface area contributed by atoms with Crippen LogP contribution in [0.25, 0.3) is 10.1 Å². The Bertz CT molecular complexity index is 1070. The maximum atomic E-state index is 14.0. The van der Waals surface area contributed by atoms with Crippen molar-refractivity contribution in [3.05, 3.63) is 76.9 Å². The number of benzene rings is 2. The van der Waals surface area contributed by atoms with Crippen LogP contribution < -0.4 is 5.32 Å². The summed E-state index contributed by atoms with van der Waals surface area (Å²) in [6.07, 6.45) is 3.14. The van der Waals surface area contributed by atoms with Crippen molar-refractivity contribution in [1.29, 1.82) is 0 Å². The molecule has 2 aromatic carbocycles. The Labute approximate surface area is 153 Å².